The lowest BCUT2D eigenvalue weighted by Crippen LogP contribution is -2.32. The van der Waals surface area contributed by atoms with Gasteiger partial charge in [0.2, 0.25) is 5.91 Å². The molecule has 0 N–H and O–H groups in total. The lowest BCUT2D eigenvalue weighted by molar-refractivity contribution is -0.127. The van der Waals surface area contributed by atoms with E-state index in [0.29, 0.717) is 16.1 Å². The van der Waals surface area contributed by atoms with Crippen molar-refractivity contribution in [1.82, 2.24) is 14.5 Å². The third-order valence-corrected chi connectivity index (χ3v) is 5.84. The van der Waals surface area contributed by atoms with Crippen molar-refractivity contribution in [3.8, 4) is 0 Å². The minimum atomic E-state index is -0.280. The summed E-state index contributed by atoms with van der Waals surface area (Å²) in [6.07, 6.45) is 5.51. The first-order chi connectivity index (χ1) is 12.0. The number of carbonyl (C=O) groups excluding carboxylic acids is 1. The van der Waals surface area contributed by atoms with Gasteiger partial charge in [-0.3, -0.25) is 14.2 Å². The SMILES string of the molecule is C[C@H](Sc1nc2ccccc2c(=O)n1C1CCCCC1)C(=O)N(C)C. The van der Waals surface area contributed by atoms with Gasteiger partial charge in [0.25, 0.3) is 5.56 Å². The largest absolute Gasteiger partial charge is 0.348 e. The molecule has 1 aromatic carbocycles. The Bertz CT molecular complexity index is 825. The molecule has 1 amide bonds. The van der Waals surface area contributed by atoms with Gasteiger partial charge in [0.1, 0.15) is 0 Å². The molecule has 0 unspecified atom stereocenters. The number of fused-ring (bicyclic) bond motifs is 1. The predicted octanol–water partition coefficient (Wildman–Crippen LogP) is 3.47. The highest BCUT2D eigenvalue weighted by atomic mass is 32.2. The summed E-state index contributed by atoms with van der Waals surface area (Å²) in [7, 11) is 3.50. The number of nitrogens with zero attached hydrogens (tertiary/aromatic N) is 3. The number of aromatic nitrogens is 2. The Kier molecular flexibility index (Phi) is 5.47. The molecule has 25 heavy (non-hydrogen) atoms. The maximum atomic E-state index is 13.1. The minimum absolute atomic E-state index is 0.0181. The van der Waals surface area contributed by atoms with Crippen molar-refractivity contribution in [2.45, 2.75) is 55.5 Å². The average molecular weight is 359 g/mol. The van der Waals surface area contributed by atoms with Crippen molar-refractivity contribution >= 4 is 28.6 Å². The Morgan fingerprint density at radius 1 is 1.24 bits per heavy atom. The molecule has 6 heteroatoms. The van der Waals surface area contributed by atoms with E-state index < -0.39 is 0 Å². The quantitative estimate of drug-likeness (QED) is 0.620. The first-order valence-electron chi connectivity index (χ1n) is 8.88. The van der Waals surface area contributed by atoms with Crippen LogP contribution in [-0.4, -0.2) is 39.7 Å². The van der Waals surface area contributed by atoms with Gasteiger partial charge in [0.05, 0.1) is 16.2 Å². The average Bonchev–Trinajstić information content (AvgIpc) is 2.62. The van der Waals surface area contributed by atoms with Gasteiger partial charge in [0.15, 0.2) is 5.16 Å². The third-order valence-electron chi connectivity index (χ3n) is 4.79. The molecule has 0 aliphatic heterocycles. The molecule has 3 rings (SSSR count). The molecular formula is C19H25N3O2S. The van der Waals surface area contributed by atoms with Crippen LogP contribution in [0, 0.1) is 0 Å². The fourth-order valence-corrected chi connectivity index (χ4v) is 4.57. The summed E-state index contributed by atoms with van der Waals surface area (Å²) < 4.78 is 1.85. The standard InChI is InChI=1S/C19H25N3O2S/c1-13(17(23)21(2)3)25-19-20-16-12-8-7-11-15(16)18(24)22(19)14-9-5-4-6-10-14/h7-8,11-14H,4-6,9-10H2,1-3H3/t13-/m0/s1. The summed E-state index contributed by atoms with van der Waals surface area (Å²) in [6, 6.07) is 7.66. The van der Waals surface area contributed by atoms with Gasteiger partial charge in [-0.1, -0.05) is 43.2 Å². The molecule has 2 aromatic rings. The van der Waals surface area contributed by atoms with E-state index in [0.717, 1.165) is 25.7 Å². The Morgan fingerprint density at radius 3 is 2.60 bits per heavy atom. The smallest absolute Gasteiger partial charge is 0.262 e. The van der Waals surface area contributed by atoms with Crippen LogP contribution in [0.15, 0.2) is 34.2 Å². The van der Waals surface area contributed by atoms with Crippen LogP contribution in [0.1, 0.15) is 45.1 Å². The van der Waals surface area contributed by atoms with Gasteiger partial charge in [-0.05, 0) is 31.9 Å². The second kappa shape index (κ2) is 7.60. The first-order valence-corrected chi connectivity index (χ1v) is 9.76. The second-order valence-electron chi connectivity index (χ2n) is 6.87. The molecule has 1 atom stereocenters. The minimum Gasteiger partial charge on any atom is -0.348 e. The normalized spacial score (nSPS) is 16.8. The van der Waals surface area contributed by atoms with Crippen LogP contribution in [0.5, 0.6) is 0 Å². The van der Waals surface area contributed by atoms with Crippen molar-refractivity contribution in [2.24, 2.45) is 0 Å². The highest BCUT2D eigenvalue weighted by Crippen LogP contribution is 2.32. The topological polar surface area (TPSA) is 55.2 Å². The third kappa shape index (κ3) is 3.73. The zero-order valence-corrected chi connectivity index (χ0v) is 15.9. The molecule has 1 aliphatic carbocycles. The molecular weight excluding hydrogens is 334 g/mol. The van der Waals surface area contributed by atoms with E-state index in [9.17, 15) is 9.59 Å². The van der Waals surface area contributed by atoms with Crippen molar-refractivity contribution in [3.05, 3.63) is 34.6 Å². The molecule has 5 nitrogen and oxygen atoms in total. The molecule has 1 saturated carbocycles. The number of carbonyl (C=O) groups is 1. The van der Waals surface area contributed by atoms with Crippen LogP contribution in [0.3, 0.4) is 0 Å². The van der Waals surface area contributed by atoms with Crippen molar-refractivity contribution in [2.75, 3.05) is 14.1 Å². The Hall–Kier alpha value is -1.82. The number of para-hydroxylation sites is 1. The van der Waals surface area contributed by atoms with Gasteiger partial charge in [-0.25, -0.2) is 4.98 Å². The van der Waals surface area contributed by atoms with Gasteiger partial charge in [-0.2, -0.15) is 0 Å². The molecule has 134 valence electrons. The summed E-state index contributed by atoms with van der Waals surface area (Å²) in [5.41, 5.74) is 0.719. The second-order valence-corrected chi connectivity index (χ2v) is 8.18. The Morgan fingerprint density at radius 2 is 1.92 bits per heavy atom. The Balaban J connectivity index is 2.08. The van der Waals surface area contributed by atoms with E-state index in [-0.39, 0.29) is 22.8 Å². The molecule has 1 aliphatic rings. The highest BCUT2D eigenvalue weighted by Gasteiger charge is 2.25. The number of hydrogen-bond acceptors (Lipinski definition) is 4. The van der Waals surface area contributed by atoms with Crippen LogP contribution in [0.2, 0.25) is 0 Å². The zero-order valence-electron chi connectivity index (χ0n) is 15.1. The van der Waals surface area contributed by atoms with Gasteiger partial charge in [0, 0.05) is 20.1 Å². The van der Waals surface area contributed by atoms with Crippen LogP contribution in [0.4, 0.5) is 0 Å². The van der Waals surface area contributed by atoms with E-state index in [1.54, 1.807) is 19.0 Å². The predicted molar refractivity (Wildman–Crippen MR) is 102 cm³/mol. The summed E-state index contributed by atoms with van der Waals surface area (Å²) >= 11 is 1.39. The number of amides is 1. The molecule has 0 spiro atoms. The summed E-state index contributed by atoms with van der Waals surface area (Å²) in [5, 5.41) is 1.04. The molecule has 0 saturated heterocycles. The van der Waals surface area contributed by atoms with Crippen molar-refractivity contribution in [1.29, 1.82) is 0 Å². The molecule has 1 heterocycles. The van der Waals surface area contributed by atoms with E-state index in [1.807, 2.05) is 35.8 Å². The van der Waals surface area contributed by atoms with Gasteiger partial charge < -0.3 is 4.90 Å². The van der Waals surface area contributed by atoms with Crippen LogP contribution < -0.4 is 5.56 Å². The molecule has 0 bridgehead atoms. The lowest BCUT2D eigenvalue weighted by atomic mass is 9.95. The van der Waals surface area contributed by atoms with Gasteiger partial charge in [-0.15, -0.1) is 0 Å². The van der Waals surface area contributed by atoms with Crippen molar-refractivity contribution < 1.29 is 4.79 Å². The summed E-state index contributed by atoms with van der Waals surface area (Å²) in [4.78, 5) is 31.8. The summed E-state index contributed by atoms with van der Waals surface area (Å²) in [5.74, 6) is 0.0302. The van der Waals surface area contributed by atoms with E-state index >= 15 is 0 Å². The maximum Gasteiger partial charge on any atom is 0.262 e. The van der Waals surface area contributed by atoms with E-state index in [2.05, 4.69) is 0 Å². The van der Waals surface area contributed by atoms with Crippen LogP contribution >= 0.6 is 11.8 Å². The van der Waals surface area contributed by atoms with Crippen molar-refractivity contribution in [3.63, 3.8) is 0 Å². The fraction of sp³-hybridized carbons (Fsp3) is 0.526. The Labute approximate surface area is 152 Å². The zero-order chi connectivity index (χ0) is 18.0. The van der Waals surface area contributed by atoms with E-state index in [4.69, 9.17) is 4.98 Å². The number of benzene rings is 1. The molecule has 1 aromatic heterocycles. The molecule has 1 fully saturated rings. The van der Waals surface area contributed by atoms with Crippen LogP contribution in [-0.2, 0) is 4.79 Å². The van der Waals surface area contributed by atoms with Gasteiger partial charge >= 0.3 is 0 Å². The lowest BCUT2D eigenvalue weighted by Gasteiger charge is -2.27. The van der Waals surface area contributed by atoms with Crippen LogP contribution in [0.25, 0.3) is 10.9 Å². The number of thioether (sulfide) groups is 1. The number of rotatable bonds is 4. The fourth-order valence-electron chi connectivity index (χ4n) is 3.44. The monoisotopic (exact) mass is 359 g/mol. The molecule has 0 radical (unpaired) electrons. The highest BCUT2D eigenvalue weighted by molar-refractivity contribution is 8.00. The maximum absolute atomic E-state index is 13.1. The first kappa shape index (κ1) is 18.0. The van der Waals surface area contributed by atoms with E-state index in [1.165, 1.54) is 18.2 Å². The summed E-state index contributed by atoms with van der Waals surface area (Å²) in [6.45, 7) is 1.87. The number of hydrogen-bond donors (Lipinski definition) is 0.